The van der Waals surface area contributed by atoms with Gasteiger partial charge in [0.15, 0.2) is 5.13 Å². The third-order valence-electron chi connectivity index (χ3n) is 5.42. The molecule has 2 aliphatic heterocycles. The standard InChI is InChI=1S/C17H22N6O2S/c24-17(25-14-4-7-21(10-14)16-18-5-8-26-16)22-6-3-13(9-22)23-11-15(19-20-23)12-1-2-12/h5,8,11-14H,1-4,6-7,9-10H2/t13-,14+/m1/s1. The van der Waals surface area contributed by atoms with Crippen LogP contribution in [0.15, 0.2) is 17.8 Å². The number of hydrogen-bond donors (Lipinski definition) is 0. The number of ether oxygens (including phenoxy) is 1. The van der Waals surface area contributed by atoms with Crippen LogP contribution in [0, 0.1) is 0 Å². The molecule has 0 aromatic carbocycles. The second kappa shape index (κ2) is 6.53. The Kier molecular flexibility index (Phi) is 4.03. The number of likely N-dealkylation sites (tertiary alicyclic amines) is 1. The molecule has 0 N–H and O–H groups in total. The maximum atomic E-state index is 12.5. The number of thiazole rings is 1. The van der Waals surface area contributed by atoms with E-state index in [1.54, 1.807) is 16.2 Å². The van der Waals surface area contributed by atoms with Crippen LogP contribution in [0.5, 0.6) is 0 Å². The number of anilines is 1. The highest BCUT2D eigenvalue weighted by atomic mass is 32.1. The molecule has 138 valence electrons. The Bertz CT molecular complexity index is 774. The molecule has 2 aromatic heterocycles. The summed E-state index contributed by atoms with van der Waals surface area (Å²) in [7, 11) is 0. The monoisotopic (exact) mass is 374 g/mol. The molecule has 1 amide bonds. The van der Waals surface area contributed by atoms with Crippen LogP contribution < -0.4 is 4.90 Å². The largest absolute Gasteiger partial charge is 0.444 e. The van der Waals surface area contributed by atoms with Crippen molar-refractivity contribution in [2.75, 3.05) is 31.1 Å². The fraction of sp³-hybridized carbons (Fsp3) is 0.647. The SMILES string of the molecule is O=C(O[C@H]1CCN(c2nccs2)C1)N1CC[C@@H](n2cc(C3CC3)nn2)C1. The molecule has 0 unspecified atom stereocenters. The van der Waals surface area contributed by atoms with E-state index in [0.29, 0.717) is 19.0 Å². The van der Waals surface area contributed by atoms with Gasteiger partial charge in [-0.25, -0.2) is 14.5 Å². The molecule has 8 nitrogen and oxygen atoms in total. The first kappa shape index (κ1) is 16.0. The number of aromatic nitrogens is 4. The number of carbonyl (C=O) groups is 1. The van der Waals surface area contributed by atoms with Gasteiger partial charge in [-0.1, -0.05) is 5.21 Å². The number of nitrogens with zero attached hydrogens (tertiary/aromatic N) is 6. The van der Waals surface area contributed by atoms with Gasteiger partial charge in [0.25, 0.3) is 0 Å². The highest BCUT2D eigenvalue weighted by Gasteiger charge is 2.34. The molecule has 9 heteroatoms. The van der Waals surface area contributed by atoms with Crippen LogP contribution in [0.2, 0.25) is 0 Å². The third kappa shape index (κ3) is 3.15. The zero-order chi connectivity index (χ0) is 17.5. The predicted octanol–water partition coefficient (Wildman–Crippen LogP) is 2.27. The maximum absolute atomic E-state index is 12.5. The number of hydrogen-bond acceptors (Lipinski definition) is 7. The molecule has 2 atom stereocenters. The summed E-state index contributed by atoms with van der Waals surface area (Å²) in [6.07, 6.45) is 7.80. The van der Waals surface area contributed by atoms with Gasteiger partial charge < -0.3 is 14.5 Å². The second-order valence-corrected chi connectivity index (χ2v) is 8.21. The molecule has 3 fully saturated rings. The first-order chi connectivity index (χ1) is 12.8. The van der Waals surface area contributed by atoms with Crippen LogP contribution in [0.25, 0.3) is 0 Å². The van der Waals surface area contributed by atoms with Gasteiger partial charge in [-0.2, -0.15) is 0 Å². The minimum atomic E-state index is -0.207. The fourth-order valence-corrected chi connectivity index (χ4v) is 4.43. The molecule has 5 rings (SSSR count). The normalized spacial score (nSPS) is 25.8. The summed E-state index contributed by atoms with van der Waals surface area (Å²) in [4.78, 5) is 20.8. The van der Waals surface area contributed by atoms with E-state index in [1.807, 2.05) is 16.3 Å². The van der Waals surface area contributed by atoms with E-state index in [9.17, 15) is 4.79 Å². The highest BCUT2D eigenvalue weighted by Crippen LogP contribution is 2.39. The lowest BCUT2D eigenvalue weighted by atomic mass is 10.2. The van der Waals surface area contributed by atoms with E-state index >= 15 is 0 Å². The lowest BCUT2D eigenvalue weighted by Crippen LogP contribution is -2.34. The van der Waals surface area contributed by atoms with Crippen molar-refractivity contribution in [3.8, 4) is 0 Å². The zero-order valence-corrected chi connectivity index (χ0v) is 15.3. The van der Waals surface area contributed by atoms with E-state index in [1.165, 1.54) is 12.8 Å². The first-order valence-electron chi connectivity index (χ1n) is 9.28. The van der Waals surface area contributed by atoms with Crippen molar-refractivity contribution in [1.82, 2.24) is 24.9 Å². The van der Waals surface area contributed by atoms with Crippen molar-refractivity contribution in [2.45, 2.75) is 43.7 Å². The van der Waals surface area contributed by atoms with Gasteiger partial charge in [-0.05, 0) is 19.3 Å². The molecule has 0 bridgehead atoms. The Hall–Kier alpha value is -2.16. The van der Waals surface area contributed by atoms with Gasteiger partial charge in [0.2, 0.25) is 0 Å². The maximum Gasteiger partial charge on any atom is 0.410 e. The molecule has 1 aliphatic carbocycles. The molecular weight excluding hydrogens is 352 g/mol. The summed E-state index contributed by atoms with van der Waals surface area (Å²) in [5, 5.41) is 11.5. The quantitative estimate of drug-likeness (QED) is 0.817. The van der Waals surface area contributed by atoms with Crippen LogP contribution in [-0.4, -0.2) is 63.3 Å². The first-order valence-corrected chi connectivity index (χ1v) is 10.2. The minimum absolute atomic E-state index is 0.0571. The topological polar surface area (TPSA) is 76.4 Å². The van der Waals surface area contributed by atoms with Crippen LogP contribution >= 0.6 is 11.3 Å². The minimum Gasteiger partial charge on any atom is -0.444 e. The van der Waals surface area contributed by atoms with E-state index in [2.05, 4.69) is 26.4 Å². The average Bonchev–Trinajstić information content (AvgIpc) is 3.18. The fourth-order valence-electron chi connectivity index (χ4n) is 3.75. The molecule has 3 aliphatic rings. The van der Waals surface area contributed by atoms with Crippen LogP contribution in [0.1, 0.15) is 43.3 Å². The molecule has 26 heavy (non-hydrogen) atoms. The Labute approximate surface area is 155 Å². The Morgan fingerprint density at radius 3 is 2.92 bits per heavy atom. The van der Waals surface area contributed by atoms with Crippen molar-refractivity contribution in [3.05, 3.63) is 23.5 Å². The number of rotatable bonds is 4. The lowest BCUT2D eigenvalue weighted by Gasteiger charge is -2.20. The van der Waals surface area contributed by atoms with E-state index < -0.39 is 0 Å². The van der Waals surface area contributed by atoms with E-state index in [4.69, 9.17) is 4.74 Å². The third-order valence-corrected chi connectivity index (χ3v) is 6.25. The van der Waals surface area contributed by atoms with Crippen LogP contribution in [-0.2, 0) is 4.74 Å². The Balaban J connectivity index is 1.14. The smallest absolute Gasteiger partial charge is 0.410 e. The van der Waals surface area contributed by atoms with Gasteiger partial charge in [-0.15, -0.1) is 16.4 Å². The summed E-state index contributed by atoms with van der Waals surface area (Å²) in [5.74, 6) is 0.606. The molecule has 0 spiro atoms. The molecule has 1 saturated carbocycles. The van der Waals surface area contributed by atoms with Crippen LogP contribution in [0.4, 0.5) is 9.93 Å². The summed E-state index contributed by atoms with van der Waals surface area (Å²) >= 11 is 1.62. The molecule has 0 radical (unpaired) electrons. The number of carbonyl (C=O) groups excluding carboxylic acids is 1. The van der Waals surface area contributed by atoms with Gasteiger partial charge in [-0.3, -0.25) is 0 Å². The molecule has 2 aromatic rings. The molecule has 4 heterocycles. The van der Waals surface area contributed by atoms with E-state index in [-0.39, 0.29) is 18.2 Å². The Morgan fingerprint density at radius 2 is 2.12 bits per heavy atom. The van der Waals surface area contributed by atoms with Gasteiger partial charge in [0, 0.05) is 49.7 Å². The summed E-state index contributed by atoms with van der Waals surface area (Å²) < 4.78 is 7.67. The lowest BCUT2D eigenvalue weighted by molar-refractivity contribution is 0.0764. The molecule has 2 saturated heterocycles. The summed E-state index contributed by atoms with van der Waals surface area (Å²) in [6.45, 7) is 2.97. The number of amides is 1. The van der Waals surface area contributed by atoms with Crippen LogP contribution in [0.3, 0.4) is 0 Å². The van der Waals surface area contributed by atoms with Crippen molar-refractivity contribution < 1.29 is 9.53 Å². The van der Waals surface area contributed by atoms with Gasteiger partial charge in [0.1, 0.15) is 6.10 Å². The predicted molar refractivity (Wildman–Crippen MR) is 96.4 cm³/mol. The van der Waals surface area contributed by atoms with Gasteiger partial charge >= 0.3 is 6.09 Å². The highest BCUT2D eigenvalue weighted by molar-refractivity contribution is 7.13. The summed E-state index contributed by atoms with van der Waals surface area (Å²) in [6, 6.07) is 0.206. The van der Waals surface area contributed by atoms with Crippen molar-refractivity contribution in [2.24, 2.45) is 0 Å². The molecular formula is C17H22N6O2S. The van der Waals surface area contributed by atoms with Gasteiger partial charge in [0.05, 0.1) is 18.3 Å². The van der Waals surface area contributed by atoms with Crippen molar-refractivity contribution >= 4 is 22.6 Å². The van der Waals surface area contributed by atoms with Crippen molar-refractivity contribution in [3.63, 3.8) is 0 Å². The Morgan fingerprint density at radius 1 is 1.19 bits per heavy atom. The summed E-state index contributed by atoms with van der Waals surface area (Å²) in [5.41, 5.74) is 1.10. The second-order valence-electron chi connectivity index (χ2n) is 7.34. The van der Waals surface area contributed by atoms with E-state index in [0.717, 1.165) is 36.8 Å². The zero-order valence-electron chi connectivity index (χ0n) is 14.5. The van der Waals surface area contributed by atoms with Crippen molar-refractivity contribution in [1.29, 1.82) is 0 Å². The average molecular weight is 374 g/mol.